The molecule has 2 rings (SSSR count). The van der Waals surface area contributed by atoms with E-state index in [1.807, 2.05) is 13.1 Å². The van der Waals surface area contributed by atoms with E-state index in [1.165, 1.54) is 12.5 Å². The highest BCUT2D eigenvalue weighted by atomic mass is 35.5. The first kappa shape index (κ1) is 13.8. The summed E-state index contributed by atoms with van der Waals surface area (Å²) in [5.74, 6) is 0.159. The largest absolute Gasteiger partial charge is 0.381 e. The molecule has 0 aromatic heterocycles. The first-order valence-electron chi connectivity index (χ1n) is 6.39. The third-order valence-corrected chi connectivity index (χ3v) is 3.88. The molecular weight excluding hydrogens is 253 g/mol. The minimum absolute atomic E-state index is 0.181. The predicted molar refractivity (Wildman–Crippen MR) is 71.5 cm³/mol. The molecule has 0 aliphatic carbocycles. The van der Waals surface area contributed by atoms with Gasteiger partial charge in [-0.05, 0) is 49.9 Å². The number of hydrogen-bond donors (Lipinski definition) is 1. The quantitative estimate of drug-likeness (QED) is 0.909. The lowest BCUT2D eigenvalue weighted by Crippen LogP contribution is -2.39. The Morgan fingerprint density at radius 2 is 2.39 bits per heavy atom. The lowest BCUT2D eigenvalue weighted by molar-refractivity contribution is 0.0405. The Hall–Kier alpha value is -0.640. The second kappa shape index (κ2) is 6.50. The molecule has 2 atom stereocenters. The summed E-state index contributed by atoms with van der Waals surface area (Å²) in [6.07, 6.45) is 3.08. The monoisotopic (exact) mass is 271 g/mol. The maximum atomic E-state index is 13.4. The molecule has 0 spiro atoms. The minimum atomic E-state index is -0.344. The van der Waals surface area contributed by atoms with Crippen molar-refractivity contribution in [1.29, 1.82) is 0 Å². The van der Waals surface area contributed by atoms with Crippen LogP contribution in [0.2, 0.25) is 5.02 Å². The molecule has 0 radical (unpaired) electrons. The summed E-state index contributed by atoms with van der Waals surface area (Å²) in [5.41, 5.74) is 0.974. The summed E-state index contributed by atoms with van der Waals surface area (Å²) in [6.45, 7) is 1.66. The average molecular weight is 272 g/mol. The molecule has 1 aromatic carbocycles. The second-order valence-electron chi connectivity index (χ2n) is 4.82. The number of hydrogen-bond acceptors (Lipinski definition) is 2. The van der Waals surface area contributed by atoms with Crippen LogP contribution in [-0.2, 0) is 11.2 Å². The number of ether oxygens (including phenoxy) is 1. The number of likely N-dealkylation sites (N-methyl/N-ethyl adjacent to an activating group) is 1. The standard InChI is InChI=1S/C14H19ClFNO/c1-17-14(11-3-2-6-18-9-11)8-10-4-5-12(15)13(16)7-10/h4-5,7,11,14,17H,2-3,6,8-9H2,1H3. The molecular formula is C14H19ClFNO. The van der Waals surface area contributed by atoms with Gasteiger partial charge in [0.1, 0.15) is 5.82 Å². The zero-order valence-electron chi connectivity index (χ0n) is 10.6. The van der Waals surface area contributed by atoms with E-state index < -0.39 is 0 Å². The van der Waals surface area contributed by atoms with Crippen molar-refractivity contribution in [2.45, 2.75) is 25.3 Å². The second-order valence-corrected chi connectivity index (χ2v) is 5.23. The number of nitrogens with one attached hydrogen (secondary N) is 1. The van der Waals surface area contributed by atoms with Gasteiger partial charge in [-0.2, -0.15) is 0 Å². The van der Waals surface area contributed by atoms with Crippen molar-refractivity contribution in [3.63, 3.8) is 0 Å². The van der Waals surface area contributed by atoms with Gasteiger partial charge in [0.15, 0.2) is 0 Å². The Morgan fingerprint density at radius 3 is 3.00 bits per heavy atom. The van der Waals surface area contributed by atoms with Crippen molar-refractivity contribution in [3.05, 3.63) is 34.6 Å². The maximum absolute atomic E-state index is 13.4. The zero-order valence-corrected chi connectivity index (χ0v) is 11.3. The summed E-state index contributed by atoms with van der Waals surface area (Å²) < 4.78 is 18.9. The van der Waals surface area contributed by atoms with Crippen LogP contribution in [0.5, 0.6) is 0 Å². The van der Waals surface area contributed by atoms with Crippen molar-refractivity contribution < 1.29 is 9.13 Å². The van der Waals surface area contributed by atoms with Gasteiger partial charge >= 0.3 is 0 Å². The molecule has 1 fully saturated rings. The van der Waals surface area contributed by atoms with Gasteiger partial charge in [-0.15, -0.1) is 0 Å². The number of halogens is 2. The minimum Gasteiger partial charge on any atom is -0.381 e. The van der Waals surface area contributed by atoms with E-state index in [1.54, 1.807) is 6.07 Å². The van der Waals surface area contributed by atoms with Gasteiger partial charge in [-0.25, -0.2) is 4.39 Å². The molecule has 2 unspecified atom stereocenters. The fourth-order valence-corrected chi connectivity index (χ4v) is 2.63. The van der Waals surface area contributed by atoms with Gasteiger partial charge in [0.05, 0.1) is 11.6 Å². The van der Waals surface area contributed by atoms with Gasteiger partial charge in [0.25, 0.3) is 0 Å². The van der Waals surface area contributed by atoms with Crippen LogP contribution in [0.15, 0.2) is 18.2 Å². The van der Waals surface area contributed by atoms with Gasteiger partial charge in [0.2, 0.25) is 0 Å². The highest BCUT2D eigenvalue weighted by Crippen LogP contribution is 2.22. The van der Waals surface area contributed by atoms with Crippen LogP contribution >= 0.6 is 11.6 Å². The van der Waals surface area contributed by atoms with Crippen molar-refractivity contribution in [2.24, 2.45) is 5.92 Å². The SMILES string of the molecule is CNC(Cc1ccc(Cl)c(F)c1)C1CCCOC1. The van der Waals surface area contributed by atoms with Gasteiger partial charge < -0.3 is 10.1 Å². The summed E-state index contributed by atoms with van der Waals surface area (Å²) in [7, 11) is 1.95. The maximum Gasteiger partial charge on any atom is 0.142 e. The Balaban J connectivity index is 2.02. The van der Waals surface area contributed by atoms with E-state index in [0.29, 0.717) is 12.0 Å². The highest BCUT2D eigenvalue weighted by molar-refractivity contribution is 6.30. The van der Waals surface area contributed by atoms with E-state index in [2.05, 4.69) is 5.32 Å². The first-order valence-corrected chi connectivity index (χ1v) is 6.77. The molecule has 0 amide bonds. The summed E-state index contributed by atoms with van der Waals surface area (Å²) in [5, 5.41) is 3.50. The molecule has 1 aliphatic rings. The average Bonchev–Trinajstić information content (AvgIpc) is 2.41. The predicted octanol–water partition coefficient (Wildman–Crippen LogP) is 3.04. The highest BCUT2D eigenvalue weighted by Gasteiger charge is 2.23. The lowest BCUT2D eigenvalue weighted by Gasteiger charge is -2.30. The van der Waals surface area contributed by atoms with E-state index in [0.717, 1.165) is 31.6 Å². The van der Waals surface area contributed by atoms with E-state index in [4.69, 9.17) is 16.3 Å². The molecule has 1 aliphatic heterocycles. The number of benzene rings is 1. The van der Waals surface area contributed by atoms with Crippen LogP contribution in [0.25, 0.3) is 0 Å². The molecule has 2 nitrogen and oxygen atoms in total. The molecule has 1 saturated heterocycles. The molecule has 0 saturated carbocycles. The Bertz CT molecular complexity index is 393. The molecule has 1 heterocycles. The van der Waals surface area contributed by atoms with Crippen LogP contribution in [0, 0.1) is 11.7 Å². The van der Waals surface area contributed by atoms with Crippen LogP contribution in [0.1, 0.15) is 18.4 Å². The lowest BCUT2D eigenvalue weighted by atomic mass is 9.89. The molecule has 18 heavy (non-hydrogen) atoms. The fourth-order valence-electron chi connectivity index (χ4n) is 2.51. The van der Waals surface area contributed by atoms with Crippen molar-refractivity contribution in [3.8, 4) is 0 Å². The summed E-state index contributed by atoms with van der Waals surface area (Å²) in [6, 6.07) is 5.36. The van der Waals surface area contributed by atoms with Gasteiger partial charge in [-0.3, -0.25) is 0 Å². The third kappa shape index (κ3) is 3.44. The third-order valence-electron chi connectivity index (χ3n) is 3.57. The first-order chi connectivity index (χ1) is 8.70. The van der Waals surface area contributed by atoms with E-state index >= 15 is 0 Å². The molecule has 0 bridgehead atoms. The Kier molecular flexibility index (Phi) is 4.98. The van der Waals surface area contributed by atoms with Crippen molar-refractivity contribution in [1.82, 2.24) is 5.32 Å². The molecule has 100 valence electrons. The van der Waals surface area contributed by atoms with Crippen LogP contribution < -0.4 is 5.32 Å². The molecule has 4 heteroatoms. The zero-order chi connectivity index (χ0) is 13.0. The fraction of sp³-hybridized carbons (Fsp3) is 0.571. The molecule has 1 aromatic rings. The molecule has 1 N–H and O–H groups in total. The van der Waals surface area contributed by atoms with Crippen LogP contribution in [0.3, 0.4) is 0 Å². The topological polar surface area (TPSA) is 21.3 Å². The number of rotatable bonds is 4. The van der Waals surface area contributed by atoms with Crippen molar-refractivity contribution >= 4 is 11.6 Å². The Labute approximate surface area is 112 Å². The summed E-state index contributed by atoms with van der Waals surface area (Å²) >= 11 is 5.69. The van der Waals surface area contributed by atoms with E-state index in [9.17, 15) is 4.39 Å². The van der Waals surface area contributed by atoms with Crippen LogP contribution in [-0.4, -0.2) is 26.3 Å². The summed E-state index contributed by atoms with van der Waals surface area (Å²) in [4.78, 5) is 0. The van der Waals surface area contributed by atoms with Gasteiger partial charge in [-0.1, -0.05) is 17.7 Å². The normalized spacial score (nSPS) is 21.8. The van der Waals surface area contributed by atoms with Crippen LogP contribution in [0.4, 0.5) is 4.39 Å². The van der Waals surface area contributed by atoms with Gasteiger partial charge in [0, 0.05) is 12.6 Å². The van der Waals surface area contributed by atoms with Crippen molar-refractivity contribution in [2.75, 3.05) is 20.3 Å². The Morgan fingerprint density at radius 1 is 1.56 bits per heavy atom. The smallest absolute Gasteiger partial charge is 0.142 e. The van der Waals surface area contributed by atoms with E-state index in [-0.39, 0.29) is 10.8 Å².